The van der Waals surface area contributed by atoms with Gasteiger partial charge >= 0.3 is 0 Å². The maximum Gasteiger partial charge on any atom is 0.255 e. The summed E-state index contributed by atoms with van der Waals surface area (Å²) in [5, 5.41) is 5.07. The van der Waals surface area contributed by atoms with Gasteiger partial charge in [-0.2, -0.15) is 0 Å². The zero-order valence-electron chi connectivity index (χ0n) is 18.7. The highest BCUT2D eigenvalue weighted by atomic mass is 32.1. The molecule has 9 heteroatoms. The molecule has 3 aromatic carbocycles. The minimum Gasteiger partial charge on any atom is -0.397 e. The third-order valence-corrected chi connectivity index (χ3v) is 8.30. The zero-order valence-corrected chi connectivity index (χ0v) is 20.4. The first-order valence-corrected chi connectivity index (χ1v) is 13.5. The van der Waals surface area contributed by atoms with Gasteiger partial charge in [0.2, 0.25) is 13.3 Å². The maximum atomic E-state index is 12.8. The van der Waals surface area contributed by atoms with E-state index in [1.807, 2.05) is 29.6 Å². The van der Waals surface area contributed by atoms with Crippen LogP contribution in [0.3, 0.4) is 0 Å². The lowest BCUT2D eigenvalue weighted by Crippen LogP contribution is -2.22. The Kier molecular flexibility index (Phi) is 7.17. The maximum absolute atomic E-state index is 12.8. The third kappa shape index (κ3) is 5.87. The van der Waals surface area contributed by atoms with Gasteiger partial charge in [-0.1, -0.05) is 42.5 Å². The fourth-order valence-corrected chi connectivity index (χ4v) is 5.98. The monoisotopic (exact) mass is 505 g/mol. The van der Waals surface area contributed by atoms with Crippen molar-refractivity contribution in [1.82, 2.24) is 0 Å². The van der Waals surface area contributed by atoms with Crippen LogP contribution in [0.2, 0.25) is 0 Å². The number of primary amides is 1. The molecule has 35 heavy (non-hydrogen) atoms. The number of amides is 2. The van der Waals surface area contributed by atoms with Crippen molar-refractivity contribution in [3.63, 3.8) is 0 Å². The van der Waals surface area contributed by atoms with Crippen LogP contribution in [0, 0.1) is 0 Å². The molecule has 4 rings (SSSR count). The van der Waals surface area contributed by atoms with Gasteiger partial charge in [-0.15, -0.1) is 11.3 Å². The van der Waals surface area contributed by atoms with E-state index in [1.54, 1.807) is 59.9 Å². The third-order valence-electron chi connectivity index (χ3n) is 5.46. The molecular weight excluding hydrogens is 481 g/mol. The van der Waals surface area contributed by atoms with E-state index >= 15 is 0 Å². The van der Waals surface area contributed by atoms with E-state index in [4.69, 9.17) is 11.5 Å². The summed E-state index contributed by atoms with van der Waals surface area (Å²) in [6.45, 7) is 0. The van der Waals surface area contributed by atoms with Crippen molar-refractivity contribution in [1.29, 1.82) is 0 Å². The summed E-state index contributed by atoms with van der Waals surface area (Å²) in [5.41, 5.74) is 15.1. The Balaban J connectivity index is 1.50. The first kappa shape index (κ1) is 24.4. The van der Waals surface area contributed by atoms with Gasteiger partial charge in [0.15, 0.2) is 0 Å². The second kappa shape index (κ2) is 10.3. The van der Waals surface area contributed by atoms with Gasteiger partial charge in [0.05, 0.1) is 11.4 Å². The van der Waals surface area contributed by atoms with Crippen molar-refractivity contribution in [3.8, 4) is 10.4 Å². The minimum absolute atomic E-state index is 0.210. The molecule has 178 valence electrons. The summed E-state index contributed by atoms with van der Waals surface area (Å²) < 4.78 is 12.7. The van der Waals surface area contributed by atoms with E-state index in [1.165, 1.54) is 6.07 Å². The molecular formula is C26H24N3O4PS. The standard InChI is InChI=1S/C26H24N3O4PS/c27-21-12-11-20(24-6-3-13-35-24)15-22(21)29-26(31)18-9-7-17(8-10-18)14-19-4-1-2-5-23(19)34(32,33)16-25(28)30/h1-13,15H,14,16,27H2,(H2,28,30)(H,29,31)(H,32,33). The van der Waals surface area contributed by atoms with Crippen molar-refractivity contribution in [2.24, 2.45) is 5.73 Å². The number of anilines is 2. The molecule has 1 aromatic heterocycles. The molecule has 0 fully saturated rings. The number of thiophene rings is 1. The van der Waals surface area contributed by atoms with E-state index < -0.39 is 19.4 Å². The Hall–Kier alpha value is -3.71. The van der Waals surface area contributed by atoms with E-state index in [-0.39, 0.29) is 11.2 Å². The molecule has 2 amide bonds. The summed E-state index contributed by atoms with van der Waals surface area (Å²) in [7, 11) is -3.92. The highest BCUT2D eigenvalue weighted by Crippen LogP contribution is 2.40. The molecule has 4 aromatic rings. The smallest absolute Gasteiger partial charge is 0.255 e. The number of nitrogens with one attached hydrogen (secondary N) is 1. The van der Waals surface area contributed by atoms with Gasteiger partial charge in [0.1, 0.15) is 6.16 Å². The number of carbonyl (C=O) groups is 2. The van der Waals surface area contributed by atoms with Gasteiger partial charge < -0.3 is 21.7 Å². The molecule has 6 N–H and O–H groups in total. The Morgan fingerprint density at radius 3 is 2.40 bits per heavy atom. The summed E-state index contributed by atoms with van der Waals surface area (Å²) in [6, 6.07) is 23.1. The number of hydrogen-bond acceptors (Lipinski definition) is 5. The number of nitrogens with two attached hydrogens (primary N) is 2. The average molecular weight is 506 g/mol. The summed E-state index contributed by atoms with van der Waals surface area (Å²) in [5.74, 6) is -1.13. The van der Waals surface area contributed by atoms with Gasteiger partial charge in [-0.25, -0.2) is 0 Å². The van der Waals surface area contributed by atoms with Crippen molar-refractivity contribution < 1.29 is 19.0 Å². The normalized spacial score (nSPS) is 12.6. The lowest BCUT2D eigenvalue weighted by Gasteiger charge is -2.15. The highest BCUT2D eigenvalue weighted by Gasteiger charge is 2.26. The van der Waals surface area contributed by atoms with E-state index in [9.17, 15) is 19.0 Å². The first-order chi connectivity index (χ1) is 16.7. The number of hydrogen-bond donors (Lipinski definition) is 4. The molecule has 1 unspecified atom stereocenters. The number of benzene rings is 3. The Morgan fingerprint density at radius 1 is 0.971 bits per heavy atom. The summed E-state index contributed by atoms with van der Waals surface area (Å²) in [6.07, 6.45) is -0.253. The molecule has 0 radical (unpaired) electrons. The van der Waals surface area contributed by atoms with Crippen molar-refractivity contribution in [2.45, 2.75) is 6.42 Å². The molecule has 0 saturated carbocycles. The largest absolute Gasteiger partial charge is 0.397 e. The Morgan fingerprint density at radius 2 is 1.71 bits per heavy atom. The predicted molar refractivity (Wildman–Crippen MR) is 141 cm³/mol. The Labute approximate surface area is 206 Å². The van der Waals surface area contributed by atoms with Gasteiger partial charge in [0.25, 0.3) is 5.91 Å². The van der Waals surface area contributed by atoms with Gasteiger partial charge in [-0.3, -0.25) is 14.2 Å². The molecule has 1 heterocycles. The second-order valence-corrected chi connectivity index (χ2v) is 11.2. The van der Waals surface area contributed by atoms with Crippen molar-refractivity contribution >= 4 is 47.2 Å². The van der Waals surface area contributed by atoms with E-state index in [0.29, 0.717) is 28.9 Å². The van der Waals surface area contributed by atoms with Crippen molar-refractivity contribution in [2.75, 3.05) is 17.2 Å². The van der Waals surface area contributed by atoms with Crippen LogP contribution in [-0.2, 0) is 15.8 Å². The molecule has 0 aliphatic heterocycles. The van der Waals surface area contributed by atoms with Crippen LogP contribution in [0.15, 0.2) is 84.2 Å². The topological polar surface area (TPSA) is 136 Å². The lowest BCUT2D eigenvalue weighted by atomic mass is 10.0. The molecule has 0 aliphatic carbocycles. The Bertz CT molecular complexity index is 1420. The van der Waals surface area contributed by atoms with Crippen LogP contribution >= 0.6 is 18.7 Å². The molecule has 0 spiro atoms. The lowest BCUT2D eigenvalue weighted by molar-refractivity contribution is -0.115. The van der Waals surface area contributed by atoms with E-state index in [0.717, 1.165) is 16.0 Å². The van der Waals surface area contributed by atoms with Gasteiger partial charge in [0, 0.05) is 15.7 Å². The minimum atomic E-state index is -3.92. The van der Waals surface area contributed by atoms with Crippen LogP contribution in [0.4, 0.5) is 11.4 Å². The van der Waals surface area contributed by atoms with Crippen LogP contribution in [0.1, 0.15) is 21.5 Å². The average Bonchev–Trinajstić information content (AvgIpc) is 3.35. The first-order valence-electron chi connectivity index (χ1n) is 10.8. The van der Waals surface area contributed by atoms with Crippen LogP contribution in [-0.4, -0.2) is 22.9 Å². The summed E-state index contributed by atoms with van der Waals surface area (Å²) >= 11 is 1.60. The quantitative estimate of drug-likeness (QED) is 0.210. The van der Waals surface area contributed by atoms with Crippen molar-refractivity contribution in [3.05, 3.63) is 101 Å². The summed E-state index contributed by atoms with van der Waals surface area (Å²) in [4.78, 5) is 35.5. The second-order valence-electron chi connectivity index (χ2n) is 8.06. The SMILES string of the molecule is NC(=O)CP(=O)(O)c1ccccc1Cc1ccc(C(=O)Nc2cc(-c3cccs3)ccc2N)cc1. The zero-order chi connectivity index (χ0) is 25.0. The van der Waals surface area contributed by atoms with Crippen LogP contribution in [0.25, 0.3) is 10.4 Å². The number of nitrogen functional groups attached to an aromatic ring is 1. The molecule has 0 aliphatic rings. The molecule has 7 nitrogen and oxygen atoms in total. The van der Waals surface area contributed by atoms with Crippen LogP contribution < -0.4 is 22.1 Å². The van der Waals surface area contributed by atoms with Gasteiger partial charge in [-0.05, 0) is 64.9 Å². The fourth-order valence-electron chi connectivity index (χ4n) is 3.75. The molecule has 0 saturated heterocycles. The highest BCUT2D eigenvalue weighted by molar-refractivity contribution is 7.67. The number of carbonyl (C=O) groups excluding carboxylic acids is 2. The van der Waals surface area contributed by atoms with E-state index in [2.05, 4.69) is 5.32 Å². The fraction of sp³-hybridized carbons (Fsp3) is 0.0769. The molecule has 1 atom stereocenters. The molecule has 0 bridgehead atoms. The predicted octanol–water partition coefficient (Wildman–Crippen LogP) is 4.22. The number of rotatable bonds is 8. The van der Waals surface area contributed by atoms with Crippen LogP contribution in [0.5, 0.6) is 0 Å².